The van der Waals surface area contributed by atoms with E-state index in [-0.39, 0.29) is 24.5 Å². The second-order valence-corrected chi connectivity index (χ2v) is 7.52. The van der Waals surface area contributed by atoms with Crippen molar-refractivity contribution < 1.29 is 14.3 Å². The number of aromatic nitrogens is 3. The normalized spacial score (nSPS) is 13.6. The number of amides is 1. The Morgan fingerprint density at radius 3 is 3.12 bits per heavy atom. The van der Waals surface area contributed by atoms with E-state index in [1.54, 1.807) is 11.3 Å². The van der Waals surface area contributed by atoms with E-state index in [2.05, 4.69) is 20.5 Å². The molecule has 7 nitrogen and oxygen atoms in total. The van der Waals surface area contributed by atoms with Crippen LogP contribution in [0.25, 0.3) is 10.7 Å². The Balaban J connectivity index is 1.31. The van der Waals surface area contributed by atoms with Crippen LogP contribution >= 0.6 is 23.1 Å². The predicted molar refractivity (Wildman–Crippen MR) is 99.5 cm³/mol. The smallest absolute Gasteiger partial charge is 0.231 e. The van der Waals surface area contributed by atoms with Gasteiger partial charge in [-0.25, -0.2) is 4.98 Å². The number of nitrogens with one attached hydrogen (secondary N) is 2. The number of thioether (sulfide) groups is 1. The minimum atomic E-state index is -0.133. The molecule has 1 atom stereocenters. The molecule has 0 bridgehead atoms. The molecule has 1 aliphatic rings. The summed E-state index contributed by atoms with van der Waals surface area (Å²) in [6.07, 6.45) is 0. The molecule has 0 unspecified atom stereocenters. The van der Waals surface area contributed by atoms with E-state index >= 15 is 0 Å². The van der Waals surface area contributed by atoms with Gasteiger partial charge in [-0.1, -0.05) is 23.9 Å². The van der Waals surface area contributed by atoms with E-state index in [0.717, 1.165) is 22.0 Å². The van der Waals surface area contributed by atoms with Gasteiger partial charge in [0, 0.05) is 0 Å². The maximum absolute atomic E-state index is 12.2. The Morgan fingerprint density at radius 1 is 1.38 bits per heavy atom. The fourth-order valence-electron chi connectivity index (χ4n) is 2.51. The third-order valence-electron chi connectivity index (χ3n) is 3.83. The molecule has 26 heavy (non-hydrogen) atoms. The summed E-state index contributed by atoms with van der Waals surface area (Å²) in [5.74, 6) is 2.32. The molecule has 3 heterocycles. The maximum Gasteiger partial charge on any atom is 0.231 e. The summed E-state index contributed by atoms with van der Waals surface area (Å²) in [5.41, 5.74) is 0.963. The summed E-state index contributed by atoms with van der Waals surface area (Å²) in [5, 5.41) is 12.5. The highest BCUT2D eigenvalue weighted by atomic mass is 32.2. The van der Waals surface area contributed by atoms with Crippen molar-refractivity contribution in [3.63, 3.8) is 0 Å². The quantitative estimate of drug-likeness (QED) is 0.630. The first-order valence-electron chi connectivity index (χ1n) is 7.97. The molecule has 0 spiro atoms. The largest absolute Gasteiger partial charge is 0.454 e. The van der Waals surface area contributed by atoms with Crippen molar-refractivity contribution in [3.8, 4) is 22.2 Å². The van der Waals surface area contributed by atoms with E-state index < -0.39 is 0 Å². The SMILES string of the molecule is C[C@@H](NC(=O)CSc1n[nH]c(-c2cccs2)n1)c1ccc2c(c1)OCO2. The van der Waals surface area contributed by atoms with E-state index in [9.17, 15) is 4.79 Å². The van der Waals surface area contributed by atoms with E-state index in [4.69, 9.17) is 9.47 Å². The van der Waals surface area contributed by atoms with Crippen molar-refractivity contribution in [2.75, 3.05) is 12.5 Å². The van der Waals surface area contributed by atoms with Gasteiger partial charge >= 0.3 is 0 Å². The molecule has 1 aromatic carbocycles. The molecule has 0 aliphatic carbocycles. The second-order valence-electron chi connectivity index (χ2n) is 5.63. The lowest BCUT2D eigenvalue weighted by Crippen LogP contribution is -2.28. The zero-order chi connectivity index (χ0) is 17.9. The number of aromatic amines is 1. The van der Waals surface area contributed by atoms with Gasteiger partial charge in [-0.15, -0.1) is 16.4 Å². The average molecular weight is 388 g/mol. The predicted octanol–water partition coefficient (Wildman–Crippen LogP) is 3.23. The van der Waals surface area contributed by atoms with Gasteiger partial charge < -0.3 is 14.8 Å². The van der Waals surface area contributed by atoms with E-state index in [1.807, 2.05) is 42.6 Å². The number of fused-ring (bicyclic) bond motifs is 1. The number of thiophene rings is 1. The summed E-state index contributed by atoms with van der Waals surface area (Å²) < 4.78 is 10.7. The van der Waals surface area contributed by atoms with Crippen LogP contribution in [-0.2, 0) is 4.79 Å². The molecule has 2 aromatic heterocycles. The molecule has 0 radical (unpaired) electrons. The Labute approximate surface area is 158 Å². The first kappa shape index (κ1) is 16.9. The van der Waals surface area contributed by atoms with Crippen LogP contribution in [0.1, 0.15) is 18.5 Å². The molecular weight excluding hydrogens is 372 g/mol. The number of nitrogens with zero attached hydrogens (tertiary/aromatic N) is 2. The van der Waals surface area contributed by atoms with Crippen molar-refractivity contribution in [2.24, 2.45) is 0 Å². The number of H-pyrrole nitrogens is 1. The van der Waals surface area contributed by atoms with Gasteiger partial charge in [-0.05, 0) is 36.1 Å². The zero-order valence-electron chi connectivity index (χ0n) is 13.9. The summed E-state index contributed by atoms with van der Waals surface area (Å²) in [6.45, 7) is 2.17. The van der Waals surface area contributed by atoms with Crippen molar-refractivity contribution in [3.05, 3.63) is 41.3 Å². The number of carbonyl (C=O) groups excluding carboxylic acids is 1. The van der Waals surface area contributed by atoms with Crippen LogP contribution in [-0.4, -0.2) is 33.6 Å². The molecular formula is C17H16N4O3S2. The van der Waals surface area contributed by atoms with Crippen LogP contribution in [0.3, 0.4) is 0 Å². The highest BCUT2D eigenvalue weighted by Gasteiger charge is 2.17. The molecule has 9 heteroatoms. The fraction of sp³-hybridized carbons (Fsp3) is 0.235. The van der Waals surface area contributed by atoms with Gasteiger partial charge in [0.25, 0.3) is 0 Å². The van der Waals surface area contributed by atoms with E-state index in [1.165, 1.54) is 11.8 Å². The van der Waals surface area contributed by atoms with Crippen LogP contribution in [0.2, 0.25) is 0 Å². The second kappa shape index (κ2) is 7.38. The van der Waals surface area contributed by atoms with Crippen molar-refractivity contribution in [2.45, 2.75) is 18.1 Å². The molecule has 134 valence electrons. The lowest BCUT2D eigenvalue weighted by atomic mass is 10.1. The Morgan fingerprint density at radius 2 is 2.27 bits per heavy atom. The summed E-state index contributed by atoms with van der Waals surface area (Å²) >= 11 is 2.89. The minimum Gasteiger partial charge on any atom is -0.454 e. The van der Waals surface area contributed by atoms with Crippen LogP contribution < -0.4 is 14.8 Å². The van der Waals surface area contributed by atoms with Gasteiger partial charge in [-0.2, -0.15) is 0 Å². The van der Waals surface area contributed by atoms with E-state index in [0.29, 0.717) is 10.9 Å². The van der Waals surface area contributed by atoms with Gasteiger partial charge in [0.15, 0.2) is 17.3 Å². The molecule has 2 N–H and O–H groups in total. The lowest BCUT2D eigenvalue weighted by Gasteiger charge is -2.14. The number of hydrogen-bond donors (Lipinski definition) is 2. The molecule has 1 aliphatic heterocycles. The van der Waals surface area contributed by atoms with Crippen LogP contribution in [0.5, 0.6) is 11.5 Å². The maximum atomic E-state index is 12.2. The van der Waals surface area contributed by atoms with Gasteiger partial charge in [0.1, 0.15) is 0 Å². The Kier molecular flexibility index (Phi) is 4.81. The molecule has 1 amide bonds. The molecule has 3 aromatic rings. The highest BCUT2D eigenvalue weighted by molar-refractivity contribution is 7.99. The zero-order valence-corrected chi connectivity index (χ0v) is 15.5. The summed E-state index contributed by atoms with van der Waals surface area (Å²) in [6, 6.07) is 9.47. The molecule has 0 saturated heterocycles. The van der Waals surface area contributed by atoms with Gasteiger partial charge in [0.2, 0.25) is 17.9 Å². The monoisotopic (exact) mass is 388 g/mol. The summed E-state index contributed by atoms with van der Waals surface area (Å²) in [4.78, 5) is 17.6. The minimum absolute atomic E-state index is 0.0809. The average Bonchev–Trinajstić information content (AvgIpc) is 3.40. The van der Waals surface area contributed by atoms with Crippen molar-refractivity contribution in [1.29, 1.82) is 0 Å². The standard InChI is InChI=1S/C17H16N4O3S2/c1-10(11-4-5-12-13(7-11)24-9-23-12)18-15(22)8-26-17-19-16(20-21-17)14-3-2-6-25-14/h2-7,10H,8-9H2,1H3,(H,18,22)(H,19,20,21)/t10-/m1/s1. The third kappa shape index (κ3) is 3.68. The van der Waals surface area contributed by atoms with Crippen molar-refractivity contribution in [1.82, 2.24) is 20.5 Å². The molecule has 0 saturated carbocycles. The first-order chi connectivity index (χ1) is 12.7. The summed E-state index contributed by atoms with van der Waals surface area (Å²) in [7, 11) is 0. The highest BCUT2D eigenvalue weighted by Crippen LogP contribution is 2.34. The fourth-order valence-corrected chi connectivity index (χ4v) is 3.79. The van der Waals surface area contributed by atoms with Gasteiger partial charge in [0.05, 0.1) is 16.7 Å². The lowest BCUT2D eigenvalue weighted by molar-refractivity contribution is -0.119. The topological polar surface area (TPSA) is 89.1 Å². The number of hydrogen-bond acceptors (Lipinski definition) is 7. The first-order valence-corrected chi connectivity index (χ1v) is 9.83. The number of carbonyl (C=O) groups is 1. The molecule has 0 fully saturated rings. The van der Waals surface area contributed by atoms with Gasteiger partial charge in [-0.3, -0.25) is 9.89 Å². The Bertz CT molecular complexity index is 911. The Hall–Kier alpha value is -2.52. The number of ether oxygens (including phenoxy) is 2. The van der Waals surface area contributed by atoms with Crippen LogP contribution in [0, 0.1) is 0 Å². The van der Waals surface area contributed by atoms with Crippen molar-refractivity contribution >= 4 is 29.0 Å². The van der Waals surface area contributed by atoms with Crippen LogP contribution in [0.4, 0.5) is 0 Å². The number of benzene rings is 1. The number of rotatable bonds is 6. The molecule has 4 rings (SSSR count). The third-order valence-corrected chi connectivity index (χ3v) is 5.55. The van der Waals surface area contributed by atoms with Crippen LogP contribution in [0.15, 0.2) is 40.9 Å².